The molecule has 0 aliphatic heterocycles. The van der Waals surface area contributed by atoms with Gasteiger partial charge in [0.25, 0.3) is 5.69 Å². The van der Waals surface area contributed by atoms with E-state index in [9.17, 15) is 25.0 Å². The fraction of sp³-hybridized carbons (Fsp3) is 0.130. The van der Waals surface area contributed by atoms with Crippen molar-refractivity contribution in [2.45, 2.75) is 20.0 Å². The quantitative estimate of drug-likeness (QED) is 0.252. The minimum atomic E-state index is -0.716. The Kier molecular flexibility index (Phi) is 5.57. The molecule has 0 saturated heterocycles. The van der Waals surface area contributed by atoms with Gasteiger partial charge in [-0.2, -0.15) is 5.10 Å². The predicted molar refractivity (Wildman–Crippen MR) is 121 cm³/mol. The van der Waals surface area contributed by atoms with Gasteiger partial charge in [0.05, 0.1) is 33.3 Å². The minimum Gasteiger partial charge on any atom is -0.459 e. The van der Waals surface area contributed by atoms with Crippen LogP contribution in [0.4, 0.5) is 17.1 Å². The Labute approximate surface area is 187 Å². The van der Waals surface area contributed by atoms with Crippen molar-refractivity contribution in [2.24, 2.45) is 5.10 Å². The molecule has 3 aromatic carbocycles. The number of nitro groups is 2. The molecule has 10 nitrogen and oxygen atoms in total. The largest absolute Gasteiger partial charge is 0.459 e. The monoisotopic (exact) mass is 446 g/mol. The van der Waals surface area contributed by atoms with E-state index in [1.165, 1.54) is 6.07 Å². The lowest BCUT2D eigenvalue weighted by Crippen LogP contribution is -2.13. The Morgan fingerprint density at radius 2 is 1.64 bits per heavy atom. The number of hydrazone groups is 1. The summed E-state index contributed by atoms with van der Waals surface area (Å²) in [5, 5.41) is 26.8. The van der Waals surface area contributed by atoms with Crippen LogP contribution in [0.5, 0.6) is 0 Å². The SMILES string of the molecule is CC(C)OC(=O)c1cccc2c1-c1ccccc1C2=NNc1ccc([N+](=O)[O-])cc1[N+](=O)[O-]. The first-order chi connectivity index (χ1) is 15.8. The molecule has 1 N–H and O–H groups in total. The summed E-state index contributed by atoms with van der Waals surface area (Å²) in [5.41, 5.74) is 5.50. The first kappa shape index (κ1) is 21.6. The van der Waals surface area contributed by atoms with Crippen molar-refractivity contribution in [1.29, 1.82) is 0 Å². The summed E-state index contributed by atoms with van der Waals surface area (Å²) in [6, 6.07) is 15.8. The number of nitrogens with one attached hydrogen (secondary N) is 1. The molecule has 0 spiro atoms. The summed E-state index contributed by atoms with van der Waals surface area (Å²) in [7, 11) is 0. The average Bonchev–Trinajstić information content (AvgIpc) is 3.10. The summed E-state index contributed by atoms with van der Waals surface area (Å²) < 4.78 is 5.39. The smallest absolute Gasteiger partial charge is 0.339 e. The van der Waals surface area contributed by atoms with Crippen LogP contribution in [0.15, 0.2) is 65.8 Å². The Hall–Kier alpha value is -4.60. The molecular weight excluding hydrogens is 428 g/mol. The number of ether oxygens (including phenoxy) is 1. The molecule has 0 atom stereocenters. The highest BCUT2D eigenvalue weighted by Crippen LogP contribution is 2.40. The van der Waals surface area contributed by atoms with Gasteiger partial charge in [-0.05, 0) is 31.5 Å². The van der Waals surface area contributed by atoms with Crippen LogP contribution in [-0.2, 0) is 4.74 Å². The van der Waals surface area contributed by atoms with E-state index < -0.39 is 27.2 Å². The number of rotatable bonds is 6. The molecule has 1 aliphatic carbocycles. The average molecular weight is 446 g/mol. The van der Waals surface area contributed by atoms with Crippen molar-refractivity contribution < 1.29 is 19.4 Å². The zero-order valence-corrected chi connectivity index (χ0v) is 17.6. The van der Waals surface area contributed by atoms with Gasteiger partial charge in [-0.15, -0.1) is 0 Å². The molecule has 33 heavy (non-hydrogen) atoms. The summed E-state index contributed by atoms with van der Waals surface area (Å²) in [5.74, 6) is -0.461. The van der Waals surface area contributed by atoms with Crippen LogP contribution in [0.3, 0.4) is 0 Å². The molecule has 0 amide bonds. The Morgan fingerprint density at radius 3 is 2.30 bits per heavy atom. The number of fused-ring (bicyclic) bond motifs is 3. The molecule has 3 aromatic rings. The number of carbonyl (C=O) groups excluding carboxylic acids is 1. The van der Waals surface area contributed by atoms with E-state index in [0.717, 1.165) is 23.3 Å². The molecular formula is C23H18N4O6. The Bertz CT molecular complexity index is 1330. The van der Waals surface area contributed by atoms with E-state index in [1.54, 1.807) is 32.0 Å². The third-order valence-corrected chi connectivity index (χ3v) is 5.01. The summed E-state index contributed by atoms with van der Waals surface area (Å²) >= 11 is 0. The molecule has 0 saturated carbocycles. The van der Waals surface area contributed by atoms with E-state index in [-0.39, 0.29) is 11.8 Å². The molecule has 1 aliphatic rings. The first-order valence-electron chi connectivity index (χ1n) is 9.98. The van der Waals surface area contributed by atoms with E-state index in [0.29, 0.717) is 22.4 Å². The zero-order valence-electron chi connectivity index (χ0n) is 17.6. The van der Waals surface area contributed by atoms with Gasteiger partial charge in [0, 0.05) is 22.8 Å². The minimum absolute atomic E-state index is 0.000553. The number of hydrogen-bond acceptors (Lipinski definition) is 8. The lowest BCUT2D eigenvalue weighted by atomic mass is 9.99. The number of nitrogens with zero attached hydrogens (tertiary/aromatic N) is 3. The molecule has 0 unspecified atom stereocenters. The van der Waals surface area contributed by atoms with Gasteiger partial charge in [-0.3, -0.25) is 25.7 Å². The second kappa shape index (κ2) is 8.50. The molecule has 0 fully saturated rings. The van der Waals surface area contributed by atoms with Crippen LogP contribution in [0.2, 0.25) is 0 Å². The van der Waals surface area contributed by atoms with Crippen molar-refractivity contribution in [3.63, 3.8) is 0 Å². The van der Waals surface area contributed by atoms with Crippen molar-refractivity contribution >= 4 is 28.7 Å². The van der Waals surface area contributed by atoms with Crippen molar-refractivity contribution in [1.82, 2.24) is 0 Å². The summed E-state index contributed by atoms with van der Waals surface area (Å²) in [6.45, 7) is 3.53. The number of nitro benzene ring substituents is 2. The highest BCUT2D eigenvalue weighted by Gasteiger charge is 2.30. The van der Waals surface area contributed by atoms with Crippen LogP contribution in [0, 0.1) is 20.2 Å². The third-order valence-electron chi connectivity index (χ3n) is 5.01. The second-order valence-electron chi connectivity index (χ2n) is 7.52. The summed E-state index contributed by atoms with van der Waals surface area (Å²) in [6.07, 6.45) is -0.289. The van der Waals surface area contributed by atoms with Crippen LogP contribution in [-0.4, -0.2) is 27.6 Å². The Morgan fingerprint density at radius 1 is 0.939 bits per heavy atom. The zero-order chi connectivity index (χ0) is 23.7. The lowest BCUT2D eigenvalue weighted by molar-refractivity contribution is -0.393. The predicted octanol–water partition coefficient (Wildman–Crippen LogP) is 4.91. The topological polar surface area (TPSA) is 137 Å². The van der Waals surface area contributed by atoms with E-state index in [4.69, 9.17) is 4.74 Å². The van der Waals surface area contributed by atoms with Crippen LogP contribution in [0.25, 0.3) is 11.1 Å². The van der Waals surface area contributed by atoms with Crippen LogP contribution in [0.1, 0.15) is 35.3 Å². The van der Waals surface area contributed by atoms with E-state index in [2.05, 4.69) is 10.5 Å². The van der Waals surface area contributed by atoms with Crippen molar-refractivity contribution in [3.05, 3.63) is 97.6 Å². The summed E-state index contributed by atoms with van der Waals surface area (Å²) in [4.78, 5) is 33.7. The normalized spacial score (nSPS) is 12.9. The first-order valence-corrected chi connectivity index (χ1v) is 9.98. The van der Waals surface area contributed by atoms with Gasteiger partial charge >= 0.3 is 11.7 Å². The van der Waals surface area contributed by atoms with Gasteiger partial charge in [0.1, 0.15) is 5.69 Å². The fourth-order valence-electron chi connectivity index (χ4n) is 3.66. The molecule has 0 bridgehead atoms. The van der Waals surface area contributed by atoms with Gasteiger partial charge in [0.15, 0.2) is 0 Å². The Balaban J connectivity index is 1.81. The van der Waals surface area contributed by atoms with E-state index in [1.807, 2.05) is 24.3 Å². The highest BCUT2D eigenvalue weighted by molar-refractivity contribution is 6.26. The molecule has 0 radical (unpaired) electrons. The maximum Gasteiger partial charge on any atom is 0.339 e. The number of hydrogen-bond donors (Lipinski definition) is 1. The van der Waals surface area contributed by atoms with Crippen LogP contribution < -0.4 is 5.43 Å². The lowest BCUT2D eigenvalue weighted by Gasteiger charge is -2.11. The van der Waals surface area contributed by atoms with Crippen molar-refractivity contribution in [3.8, 4) is 11.1 Å². The number of benzene rings is 3. The van der Waals surface area contributed by atoms with Gasteiger partial charge < -0.3 is 4.74 Å². The number of non-ortho nitro benzene ring substituents is 1. The molecule has 166 valence electrons. The second-order valence-corrected chi connectivity index (χ2v) is 7.52. The molecule has 4 rings (SSSR count). The van der Waals surface area contributed by atoms with Crippen LogP contribution >= 0.6 is 0 Å². The standard InChI is InChI=1S/C23H18N4O6/c1-13(2)33-23(28)18-9-5-8-17-21(18)15-6-3-4-7-16(15)22(17)25-24-19-11-10-14(26(29)30)12-20(19)27(31)32/h3-13,24H,1-2H3. The number of carbonyl (C=O) groups is 1. The van der Waals surface area contributed by atoms with E-state index >= 15 is 0 Å². The highest BCUT2D eigenvalue weighted by atomic mass is 16.6. The maximum absolute atomic E-state index is 12.7. The molecule has 0 aromatic heterocycles. The molecule has 0 heterocycles. The van der Waals surface area contributed by atoms with Gasteiger partial charge in [-0.1, -0.05) is 36.4 Å². The fourth-order valence-corrected chi connectivity index (χ4v) is 3.66. The third kappa shape index (κ3) is 4.01. The van der Waals surface area contributed by atoms with Gasteiger partial charge in [-0.25, -0.2) is 4.79 Å². The number of anilines is 1. The molecule has 10 heteroatoms. The van der Waals surface area contributed by atoms with Gasteiger partial charge in [0.2, 0.25) is 0 Å². The maximum atomic E-state index is 12.7. The van der Waals surface area contributed by atoms with Crippen molar-refractivity contribution in [2.75, 3.05) is 5.43 Å². The number of esters is 1.